The van der Waals surface area contributed by atoms with E-state index in [2.05, 4.69) is 27.6 Å². The number of rotatable bonds is 4. The summed E-state index contributed by atoms with van der Waals surface area (Å²) in [7, 11) is 0. The summed E-state index contributed by atoms with van der Waals surface area (Å²) in [6.07, 6.45) is 1.63. The molecule has 0 amide bonds. The molecule has 1 aliphatic rings. The van der Waals surface area contributed by atoms with Crippen molar-refractivity contribution >= 4 is 46.5 Å². The monoisotopic (exact) mass is 509 g/mol. The van der Waals surface area contributed by atoms with Gasteiger partial charge in [-0.15, -0.1) is 0 Å². The van der Waals surface area contributed by atoms with Gasteiger partial charge in [0.15, 0.2) is 5.70 Å². The minimum Gasteiger partial charge on any atom is -0.423 e. The number of aryl methyl sites for hydroxylation is 1. The first-order chi connectivity index (χ1) is 14.5. The van der Waals surface area contributed by atoms with E-state index in [-0.39, 0.29) is 11.6 Å². The summed E-state index contributed by atoms with van der Waals surface area (Å²) in [6, 6.07) is 21.7. The van der Waals surface area contributed by atoms with Gasteiger partial charge in [-0.2, -0.15) is 0 Å². The lowest BCUT2D eigenvalue weighted by molar-refractivity contribution is -0.129. The van der Waals surface area contributed by atoms with Gasteiger partial charge in [-0.25, -0.2) is 14.6 Å². The number of ether oxygens (including phenoxy) is 2. The van der Waals surface area contributed by atoms with Crippen molar-refractivity contribution in [2.24, 2.45) is 4.99 Å². The molecule has 0 spiro atoms. The lowest BCUT2D eigenvalue weighted by Gasteiger charge is -2.06. The minimum atomic E-state index is -0.501. The van der Waals surface area contributed by atoms with E-state index in [0.717, 1.165) is 20.3 Å². The molecule has 3 aromatic rings. The van der Waals surface area contributed by atoms with Crippen molar-refractivity contribution in [3.63, 3.8) is 0 Å². The second kappa shape index (κ2) is 8.62. The van der Waals surface area contributed by atoms with E-state index in [1.54, 1.807) is 42.5 Å². The van der Waals surface area contributed by atoms with Crippen LogP contribution in [0.5, 0.6) is 5.75 Å². The number of carbonyl (C=O) groups excluding carboxylic acids is 2. The van der Waals surface area contributed by atoms with Gasteiger partial charge in [0.1, 0.15) is 5.75 Å². The molecule has 4 rings (SSSR count). The number of esters is 2. The fourth-order valence-corrected chi connectivity index (χ4v) is 3.24. The Morgan fingerprint density at radius 3 is 2.40 bits per heavy atom. The van der Waals surface area contributed by atoms with Gasteiger partial charge in [-0.05, 0) is 89.2 Å². The third-order valence-electron chi connectivity index (χ3n) is 4.47. The predicted octanol–water partition coefficient (Wildman–Crippen LogP) is 5.16. The third kappa shape index (κ3) is 4.49. The van der Waals surface area contributed by atoms with Crippen LogP contribution in [-0.2, 0) is 9.53 Å². The van der Waals surface area contributed by atoms with E-state index in [9.17, 15) is 9.59 Å². The van der Waals surface area contributed by atoms with Crippen molar-refractivity contribution in [1.29, 1.82) is 0 Å². The molecule has 1 heterocycles. The summed E-state index contributed by atoms with van der Waals surface area (Å²) in [6.45, 7) is 1.86. The fraction of sp³-hybridized carbons (Fsp3) is 0.0417. The zero-order chi connectivity index (χ0) is 21.1. The highest BCUT2D eigenvalue weighted by atomic mass is 127. The molecule has 30 heavy (non-hydrogen) atoms. The molecule has 0 bridgehead atoms. The summed E-state index contributed by atoms with van der Waals surface area (Å²) in [5, 5.41) is 0. The van der Waals surface area contributed by atoms with Crippen LogP contribution in [0.25, 0.3) is 6.08 Å². The number of hydrogen-bond acceptors (Lipinski definition) is 5. The number of carbonyl (C=O) groups is 2. The Balaban J connectivity index is 1.49. The highest BCUT2D eigenvalue weighted by molar-refractivity contribution is 14.1. The Morgan fingerprint density at radius 2 is 1.70 bits per heavy atom. The molecule has 148 valence electrons. The SMILES string of the molecule is Cc1ccccc1C(=O)Oc1ccc(/C=C2\N=C(c3ccc(I)cc3)OC2=O)cc1. The first-order valence-electron chi connectivity index (χ1n) is 9.16. The lowest BCUT2D eigenvalue weighted by Crippen LogP contribution is -2.09. The van der Waals surface area contributed by atoms with Crippen LogP contribution in [0, 0.1) is 10.5 Å². The Hall–Kier alpha value is -3.26. The van der Waals surface area contributed by atoms with Crippen LogP contribution in [-0.4, -0.2) is 17.8 Å². The largest absolute Gasteiger partial charge is 0.423 e. The van der Waals surface area contributed by atoms with Crippen molar-refractivity contribution in [2.75, 3.05) is 0 Å². The van der Waals surface area contributed by atoms with Crippen molar-refractivity contribution in [3.05, 3.63) is 104 Å². The molecule has 0 atom stereocenters. The van der Waals surface area contributed by atoms with E-state index < -0.39 is 11.9 Å². The van der Waals surface area contributed by atoms with Gasteiger partial charge < -0.3 is 9.47 Å². The number of benzene rings is 3. The average molecular weight is 509 g/mol. The second-order valence-corrected chi connectivity index (χ2v) is 7.86. The molecule has 6 heteroatoms. The topological polar surface area (TPSA) is 65.0 Å². The van der Waals surface area contributed by atoms with Crippen LogP contribution in [0.3, 0.4) is 0 Å². The van der Waals surface area contributed by atoms with Gasteiger partial charge in [0, 0.05) is 9.13 Å². The normalized spacial score (nSPS) is 14.4. The molecule has 0 radical (unpaired) electrons. The van der Waals surface area contributed by atoms with Gasteiger partial charge in [0.05, 0.1) is 5.56 Å². The Labute approximate surface area is 187 Å². The maximum Gasteiger partial charge on any atom is 0.363 e. The minimum absolute atomic E-state index is 0.216. The third-order valence-corrected chi connectivity index (χ3v) is 5.19. The molecule has 0 fully saturated rings. The zero-order valence-corrected chi connectivity index (χ0v) is 18.1. The van der Waals surface area contributed by atoms with E-state index in [1.165, 1.54) is 0 Å². The Kier molecular flexibility index (Phi) is 5.76. The van der Waals surface area contributed by atoms with Crippen LogP contribution in [0.1, 0.15) is 27.0 Å². The molecule has 0 unspecified atom stereocenters. The smallest absolute Gasteiger partial charge is 0.363 e. The van der Waals surface area contributed by atoms with E-state index >= 15 is 0 Å². The van der Waals surface area contributed by atoms with Gasteiger partial charge in [0.25, 0.3) is 0 Å². The van der Waals surface area contributed by atoms with Crippen LogP contribution >= 0.6 is 22.6 Å². The molecular formula is C24H16INO4. The second-order valence-electron chi connectivity index (χ2n) is 6.62. The molecule has 3 aromatic carbocycles. The van der Waals surface area contributed by atoms with Crippen molar-refractivity contribution in [3.8, 4) is 5.75 Å². The molecule has 0 saturated heterocycles. The number of halogens is 1. The summed E-state index contributed by atoms with van der Waals surface area (Å²) in [5.74, 6) is -0.210. The highest BCUT2D eigenvalue weighted by Gasteiger charge is 2.24. The molecule has 0 saturated carbocycles. The van der Waals surface area contributed by atoms with E-state index in [4.69, 9.17) is 9.47 Å². The number of hydrogen-bond donors (Lipinski definition) is 0. The standard InChI is InChI=1S/C24H16INO4/c1-15-4-2-3-5-20(15)23(27)29-19-12-6-16(7-13-19)14-21-24(28)30-22(26-21)17-8-10-18(25)11-9-17/h2-14H,1H3/b21-14-. The number of aliphatic imine (C=N–C) groups is 1. The lowest BCUT2D eigenvalue weighted by atomic mass is 10.1. The first-order valence-corrected chi connectivity index (χ1v) is 10.2. The summed E-state index contributed by atoms with van der Waals surface area (Å²) in [4.78, 5) is 28.8. The molecule has 1 aliphatic heterocycles. The van der Waals surface area contributed by atoms with Crippen molar-refractivity contribution in [2.45, 2.75) is 6.92 Å². The van der Waals surface area contributed by atoms with Crippen molar-refractivity contribution in [1.82, 2.24) is 0 Å². The van der Waals surface area contributed by atoms with Crippen LogP contribution in [0.15, 0.2) is 83.5 Å². The van der Waals surface area contributed by atoms with Crippen LogP contribution < -0.4 is 4.74 Å². The molecule has 5 nitrogen and oxygen atoms in total. The first kappa shape index (κ1) is 20.0. The van der Waals surface area contributed by atoms with Gasteiger partial charge in [0.2, 0.25) is 5.90 Å². The summed E-state index contributed by atoms with van der Waals surface area (Å²) in [5.41, 5.74) is 3.07. The molecule has 0 aliphatic carbocycles. The van der Waals surface area contributed by atoms with Gasteiger partial charge in [-0.1, -0.05) is 30.3 Å². The van der Waals surface area contributed by atoms with E-state index in [0.29, 0.717) is 11.3 Å². The number of cyclic esters (lactones) is 1. The molecular weight excluding hydrogens is 493 g/mol. The predicted molar refractivity (Wildman–Crippen MR) is 122 cm³/mol. The van der Waals surface area contributed by atoms with E-state index in [1.807, 2.05) is 43.3 Å². The maximum absolute atomic E-state index is 12.3. The quantitative estimate of drug-likeness (QED) is 0.211. The molecule has 0 aromatic heterocycles. The maximum atomic E-state index is 12.3. The summed E-state index contributed by atoms with van der Waals surface area (Å²) >= 11 is 2.21. The zero-order valence-electron chi connectivity index (χ0n) is 16.0. The Bertz CT molecular complexity index is 1180. The average Bonchev–Trinajstić information content (AvgIpc) is 3.10. The molecule has 0 N–H and O–H groups in total. The fourth-order valence-electron chi connectivity index (χ4n) is 2.88. The van der Waals surface area contributed by atoms with Crippen LogP contribution in [0.2, 0.25) is 0 Å². The highest BCUT2D eigenvalue weighted by Crippen LogP contribution is 2.22. The van der Waals surface area contributed by atoms with Crippen molar-refractivity contribution < 1.29 is 19.1 Å². The Morgan fingerprint density at radius 1 is 1.00 bits per heavy atom. The number of nitrogens with zero attached hydrogens (tertiary/aromatic N) is 1. The van der Waals surface area contributed by atoms with Gasteiger partial charge >= 0.3 is 11.9 Å². The summed E-state index contributed by atoms with van der Waals surface area (Å²) < 4.78 is 11.8. The van der Waals surface area contributed by atoms with Crippen LogP contribution in [0.4, 0.5) is 0 Å². The van der Waals surface area contributed by atoms with Gasteiger partial charge in [-0.3, -0.25) is 0 Å².